The van der Waals surface area contributed by atoms with E-state index in [1.54, 1.807) is 30.3 Å². The highest BCUT2D eigenvalue weighted by Crippen LogP contribution is 2.26. The zero-order valence-electron chi connectivity index (χ0n) is 80.1. The third-order valence-corrected chi connectivity index (χ3v) is 26.3. The van der Waals surface area contributed by atoms with Crippen molar-refractivity contribution in [2.45, 2.75) is 162 Å². The molecule has 4 fully saturated rings. The molecule has 49 nitrogen and oxygen atoms in total. The quantitative estimate of drug-likeness (QED) is 0.00963. The largest absolute Gasteiger partial charge is 0.508 e. The van der Waals surface area contributed by atoms with Crippen LogP contribution in [0.2, 0.25) is 0 Å². The maximum Gasteiger partial charge on any atom is 0.280 e. The molecule has 0 spiro atoms. The number of aromatic hydroxyl groups is 1. The summed E-state index contributed by atoms with van der Waals surface area (Å²) in [7, 11) is 0. The van der Waals surface area contributed by atoms with E-state index in [1.165, 1.54) is 33.4 Å². The first-order valence-electron chi connectivity index (χ1n) is 48.3. The monoisotopic (exact) mass is 2010 g/mol. The predicted octanol–water partition coefficient (Wildman–Crippen LogP) is -5.24. The highest BCUT2D eigenvalue weighted by Gasteiger charge is 2.41. The van der Waals surface area contributed by atoms with Crippen molar-refractivity contribution >= 4 is 155 Å². The number of benzene rings is 7. The Labute approximate surface area is 839 Å². The van der Waals surface area contributed by atoms with E-state index in [0.717, 1.165) is 60.3 Å². The lowest BCUT2D eigenvalue weighted by molar-refractivity contribution is -0.138. The molecular formula is C98H119N33O16. The van der Waals surface area contributed by atoms with Crippen molar-refractivity contribution in [1.82, 2.24) is 134 Å². The summed E-state index contributed by atoms with van der Waals surface area (Å²) in [6.45, 7) is -3.61. The van der Waals surface area contributed by atoms with E-state index in [4.69, 9.17) is 39.5 Å². The fourth-order valence-corrected chi connectivity index (χ4v) is 18.8. The standard InChI is InChI=1S/C98H119N33O16/c99-82(137)68(34-52-25-27-63(132)28-26-52)121-91(144)74(36-57-19-10-16-54-13-2-5-22-65(54)57)119-77(134)47-129(79(136)49-131-51-114-81-84(131)125-98(105)127-94(81)147)32-30-106-76(133)46-128(78(135)48-130-50-113-80-83(130)124-97(104)126-93(80)146)33-31-108-85(138)67(120-92(145)75(37-58-20-11-17-55-14-3-6-23-66(55)58)123-90(143)72-39-60(43-110-72)116-88(141)70-41-62(45-112-70)118-96(102)103)24-7-8-29-107-86(139)73(35-56-18-9-15-53-12-1-4-21-64(53)56)122-89(142)71-38-59(42-109-71)115-87(140)69-40-61(44-111-69)117-95(100)101/h1-6,9-23,25-28,50-51,59-62,67-75,109-112,132H,7-8,24,29-49H2,(H2,99,137)(H,106,133)(H,107,139)(H,108,138)(H,115,140)(H,116,141)(H,119,134)(H,120,145)(H,121,144)(H,122,142)(H,123,143)(H4,100,101,117)(H4,102,103,118)(H3,104,124,126,146)(H3,105,125,127,147)/t59-,60-,61-,62-,67+,68+,69+,70+,71-,72-,73+,74+,75+/m1/s1. The van der Waals surface area contributed by atoms with E-state index in [-0.39, 0.29) is 153 Å². The molecule has 4 saturated heterocycles. The number of aromatic nitrogens is 8. The number of H-pyrrole nitrogens is 2. The Hall–Kier alpha value is -17.1. The van der Waals surface area contributed by atoms with Crippen molar-refractivity contribution in [3.05, 3.63) is 207 Å². The lowest BCUT2D eigenvalue weighted by Crippen LogP contribution is -2.56. The van der Waals surface area contributed by atoms with Crippen LogP contribution in [0.4, 0.5) is 11.9 Å². The minimum absolute atomic E-state index is 0.0352. The van der Waals surface area contributed by atoms with Crippen molar-refractivity contribution in [2.24, 2.45) is 17.2 Å². The Morgan fingerprint density at radius 2 is 0.796 bits per heavy atom. The van der Waals surface area contributed by atoms with Gasteiger partial charge in [-0.25, -0.2) is 9.97 Å². The van der Waals surface area contributed by atoms with Gasteiger partial charge in [-0.05, 0) is 112 Å². The van der Waals surface area contributed by atoms with Crippen molar-refractivity contribution < 1.29 is 67.4 Å². The average molecular weight is 2020 g/mol. The molecular weight excluding hydrogens is 1900 g/mol. The molecule has 0 saturated carbocycles. The van der Waals surface area contributed by atoms with Gasteiger partial charge in [-0.15, -0.1) is 0 Å². The minimum Gasteiger partial charge on any atom is -0.508 e. The van der Waals surface area contributed by atoms with Crippen molar-refractivity contribution in [3.8, 4) is 5.75 Å². The maximum absolute atomic E-state index is 15.6. The number of unbranched alkanes of at least 4 members (excludes halogenated alkanes) is 1. The van der Waals surface area contributed by atoms with Gasteiger partial charge in [0.15, 0.2) is 34.2 Å². The topological polar surface area (TPSA) is 746 Å². The molecule has 13 atom stereocenters. The van der Waals surface area contributed by atoms with Crippen LogP contribution in [0.15, 0.2) is 174 Å². The summed E-state index contributed by atoms with van der Waals surface area (Å²) in [4.78, 5) is 239. The van der Waals surface area contributed by atoms with Crippen molar-refractivity contribution in [3.63, 3.8) is 0 Å². The van der Waals surface area contributed by atoms with E-state index in [0.29, 0.717) is 42.6 Å². The van der Waals surface area contributed by atoms with Crippen LogP contribution < -0.4 is 125 Å². The van der Waals surface area contributed by atoms with Crippen molar-refractivity contribution in [1.29, 1.82) is 10.8 Å². The summed E-state index contributed by atoms with van der Waals surface area (Å²) >= 11 is 0. The predicted molar refractivity (Wildman–Crippen MR) is 542 cm³/mol. The first-order chi connectivity index (χ1) is 70.7. The summed E-state index contributed by atoms with van der Waals surface area (Å²) in [6, 6.07) is 33.3. The highest BCUT2D eigenvalue weighted by molar-refractivity contribution is 5.98. The number of phenolic OH excluding ortho intramolecular Hbond substituents is 1. The van der Waals surface area contributed by atoms with Gasteiger partial charge < -0.3 is 138 Å². The number of guanidine groups is 2. The third kappa shape index (κ3) is 27.7. The van der Waals surface area contributed by atoms with Crippen LogP contribution in [-0.2, 0) is 101 Å². The molecule has 0 bridgehead atoms. The molecule has 49 heteroatoms. The van der Waals surface area contributed by atoms with E-state index in [1.807, 2.05) is 97.1 Å². The summed E-state index contributed by atoms with van der Waals surface area (Å²) in [5, 5.41) is 77.1. The van der Waals surface area contributed by atoms with E-state index >= 15 is 14.4 Å². The Kier molecular flexibility index (Phi) is 34.3. The van der Waals surface area contributed by atoms with Gasteiger partial charge in [-0.2, -0.15) is 9.97 Å². The van der Waals surface area contributed by atoms with Gasteiger partial charge in [-0.1, -0.05) is 140 Å². The first kappa shape index (κ1) is 104. The number of hydrogen-bond acceptors (Lipinski definition) is 28. The number of carbonyl (C=O) groups is 13. The molecule has 31 N–H and O–H groups in total. The molecule has 0 aliphatic carbocycles. The van der Waals surface area contributed by atoms with Crippen LogP contribution in [0.3, 0.4) is 0 Å². The Morgan fingerprint density at radius 3 is 1.24 bits per heavy atom. The van der Waals surface area contributed by atoms with Gasteiger partial charge in [0.05, 0.1) is 49.9 Å². The summed E-state index contributed by atoms with van der Waals surface area (Å²) in [5.74, 6) is -10.3. The van der Waals surface area contributed by atoms with Gasteiger partial charge in [0.1, 0.15) is 49.0 Å². The van der Waals surface area contributed by atoms with Crippen LogP contribution in [0.5, 0.6) is 5.75 Å². The summed E-state index contributed by atoms with van der Waals surface area (Å²) < 4.78 is 2.40. The molecule has 772 valence electrons. The number of anilines is 2. The van der Waals surface area contributed by atoms with Crippen LogP contribution >= 0.6 is 0 Å². The van der Waals surface area contributed by atoms with Gasteiger partial charge >= 0.3 is 0 Å². The fraction of sp³-hybridized carbons (Fsp3) is 0.378. The first-order valence-corrected chi connectivity index (χ1v) is 48.3. The van der Waals surface area contributed by atoms with Crippen LogP contribution in [-0.4, -0.2) is 293 Å². The second-order valence-electron chi connectivity index (χ2n) is 36.9. The van der Waals surface area contributed by atoms with Gasteiger partial charge in [-0.3, -0.25) is 92.7 Å². The molecule has 147 heavy (non-hydrogen) atoms. The number of aromatic amines is 2. The normalized spacial score (nSPS) is 18.4. The second-order valence-corrected chi connectivity index (χ2v) is 36.9. The number of nitrogens with zero attached hydrogens (tertiary/aromatic N) is 8. The lowest BCUT2D eigenvalue weighted by Gasteiger charge is -2.27. The lowest BCUT2D eigenvalue weighted by atomic mass is 9.97. The van der Waals surface area contributed by atoms with Gasteiger partial charge in [0.25, 0.3) is 11.1 Å². The van der Waals surface area contributed by atoms with E-state index in [2.05, 4.69) is 115 Å². The number of nitrogens with one attached hydrogen (secondary N) is 20. The Bertz CT molecular complexity index is 6900. The van der Waals surface area contributed by atoms with Crippen LogP contribution in [0, 0.1) is 10.8 Å². The SMILES string of the molecule is N=C(N)N[C@H]1CN[C@H](C(=O)N[C@H]2CN[C@@H](C(=O)N[C@@H](Cc3cccc4ccccc34)C(=O)NCCCC[C@H](NC(=O)[C@H](Cc3cccc4ccccc34)NC(=O)[C@H]3C[C@@H](NC(=O)[C@@H]4C[C@@H](NC(=N)N)CN4)CN3)C(=O)NCCN(CC(=O)NCCN(CC(=O)N[C@@H](Cc3cccc4ccccc34)C(=O)N[C@@H](Cc3ccc(O)cc3)C(N)=O)C(=O)Cn3cnc4c(=O)[nH]c(N)nc43)C(=O)Cn3cnc4c(=O)[nH]c(N)nc43)C2)C1. The second kappa shape index (κ2) is 48.3. The van der Waals surface area contributed by atoms with Gasteiger partial charge in [0.2, 0.25) is 88.7 Å². The number of rotatable bonds is 45. The number of amides is 13. The highest BCUT2D eigenvalue weighted by atomic mass is 16.3. The molecule has 11 aromatic rings. The Balaban J connectivity index is 0.670. The number of phenols is 1. The molecule has 13 amide bonds. The fourth-order valence-electron chi connectivity index (χ4n) is 18.8. The zero-order valence-corrected chi connectivity index (χ0v) is 80.1. The zero-order chi connectivity index (χ0) is 104. The number of nitrogens with two attached hydrogens (primary N) is 5. The summed E-state index contributed by atoms with van der Waals surface area (Å²) in [5.41, 5.74) is 29.3. The van der Waals surface area contributed by atoms with Crippen LogP contribution in [0.1, 0.15) is 67.2 Å². The number of fused-ring (bicyclic) bond motifs is 5. The number of hydrogen-bond donors (Lipinski definition) is 26. The van der Waals surface area contributed by atoms with Gasteiger partial charge in [0, 0.05) is 109 Å². The van der Waals surface area contributed by atoms with E-state index in [9.17, 15) is 62.6 Å². The number of carbonyl (C=O) groups excluding carboxylic acids is 13. The third-order valence-electron chi connectivity index (χ3n) is 26.3. The molecule has 0 unspecified atom stereocenters. The molecule has 4 aliphatic rings. The molecule has 4 aromatic heterocycles. The smallest absolute Gasteiger partial charge is 0.280 e. The molecule has 7 aromatic carbocycles. The van der Waals surface area contributed by atoms with Crippen molar-refractivity contribution in [2.75, 3.05) is 83.5 Å². The number of primary amides is 1. The maximum atomic E-state index is 15.6. The Morgan fingerprint density at radius 1 is 0.415 bits per heavy atom. The molecule has 4 aliphatic heterocycles. The molecule has 15 rings (SSSR count). The molecule has 0 radical (unpaired) electrons. The summed E-state index contributed by atoms with van der Waals surface area (Å²) in [6.07, 6.45) is 3.05. The number of imidazole rings is 2. The molecule has 8 heterocycles. The van der Waals surface area contributed by atoms with Crippen LogP contribution in [0.25, 0.3) is 54.6 Å². The minimum atomic E-state index is -1.47. The van der Waals surface area contributed by atoms with E-state index < -0.39 is 195 Å². The average Bonchev–Trinajstić information content (AvgIpc) is 1.75. The number of nitrogen functional groups attached to an aromatic ring is 2.